The molecule has 7 nitrogen and oxygen atoms in total. The van der Waals surface area contributed by atoms with Crippen molar-refractivity contribution >= 4 is 16.6 Å². The molecule has 2 aromatic heterocycles. The number of ether oxygens (including phenoxy) is 1. The topological polar surface area (TPSA) is 84.2 Å². The third-order valence-electron chi connectivity index (χ3n) is 5.33. The highest BCUT2D eigenvalue weighted by Crippen LogP contribution is 2.34. The molecule has 0 bridgehead atoms. The lowest BCUT2D eigenvalue weighted by atomic mass is 10.2. The molecule has 0 radical (unpaired) electrons. The lowest BCUT2D eigenvalue weighted by molar-refractivity contribution is -0.139. The van der Waals surface area contributed by atoms with Crippen LogP contribution >= 0.6 is 0 Å². The fraction of sp³-hybridized carbons (Fsp3) is 0.182. The van der Waals surface area contributed by atoms with Gasteiger partial charge in [0.25, 0.3) is 0 Å². The SMILES string of the molecule is OC(Nc1ccc(F)c(C(F)(F)F)c1)n1ccc2cc(Oc3ncnc4c3CNC4)ccc21. The van der Waals surface area contributed by atoms with Crippen molar-refractivity contribution in [1.29, 1.82) is 0 Å². The first-order chi connectivity index (χ1) is 15.8. The summed E-state index contributed by atoms with van der Waals surface area (Å²) in [6.45, 7) is 1.26. The molecule has 0 fully saturated rings. The number of hydrogen-bond donors (Lipinski definition) is 3. The molecule has 33 heavy (non-hydrogen) atoms. The zero-order valence-electron chi connectivity index (χ0n) is 16.9. The van der Waals surface area contributed by atoms with Crippen molar-refractivity contribution in [3.63, 3.8) is 0 Å². The number of aliphatic hydroxyl groups is 1. The minimum absolute atomic E-state index is 0.0794. The third-order valence-corrected chi connectivity index (χ3v) is 5.33. The second-order valence-corrected chi connectivity index (χ2v) is 7.46. The van der Waals surface area contributed by atoms with Crippen LogP contribution < -0.4 is 15.4 Å². The van der Waals surface area contributed by atoms with Gasteiger partial charge in [-0.2, -0.15) is 13.2 Å². The Kier molecular flexibility index (Phi) is 5.14. The summed E-state index contributed by atoms with van der Waals surface area (Å²) in [6.07, 6.45) is -3.22. The zero-order valence-corrected chi connectivity index (χ0v) is 16.9. The number of anilines is 1. The molecular weight excluding hydrogens is 442 g/mol. The number of fused-ring (bicyclic) bond motifs is 2. The number of rotatable bonds is 5. The van der Waals surface area contributed by atoms with Crippen LogP contribution in [-0.2, 0) is 19.3 Å². The van der Waals surface area contributed by atoms with Crippen LogP contribution in [0.25, 0.3) is 10.9 Å². The number of aromatic nitrogens is 3. The summed E-state index contributed by atoms with van der Waals surface area (Å²) in [7, 11) is 0. The molecule has 0 amide bonds. The van der Waals surface area contributed by atoms with Gasteiger partial charge in [-0.05, 0) is 42.5 Å². The quantitative estimate of drug-likeness (QED) is 0.300. The summed E-state index contributed by atoms with van der Waals surface area (Å²) in [5, 5.41) is 17.0. The third kappa shape index (κ3) is 4.08. The van der Waals surface area contributed by atoms with E-state index in [1.165, 1.54) is 10.9 Å². The number of benzene rings is 2. The van der Waals surface area contributed by atoms with Crippen molar-refractivity contribution in [2.75, 3.05) is 5.32 Å². The van der Waals surface area contributed by atoms with Crippen molar-refractivity contribution in [3.8, 4) is 11.6 Å². The summed E-state index contributed by atoms with van der Waals surface area (Å²) in [6, 6.07) is 9.34. The van der Waals surface area contributed by atoms with E-state index in [4.69, 9.17) is 4.74 Å². The van der Waals surface area contributed by atoms with Gasteiger partial charge >= 0.3 is 6.18 Å². The van der Waals surface area contributed by atoms with Crippen LogP contribution in [0.15, 0.2) is 55.0 Å². The molecule has 0 saturated heterocycles. The average Bonchev–Trinajstić information content (AvgIpc) is 3.41. The summed E-state index contributed by atoms with van der Waals surface area (Å²) < 4.78 is 59.7. The highest BCUT2D eigenvalue weighted by atomic mass is 19.4. The fourth-order valence-corrected chi connectivity index (χ4v) is 3.74. The van der Waals surface area contributed by atoms with Gasteiger partial charge in [0.2, 0.25) is 12.2 Å². The molecule has 4 aromatic rings. The van der Waals surface area contributed by atoms with E-state index in [9.17, 15) is 22.7 Å². The van der Waals surface area contributed by atoms with Gasteiger partial charge in [0.05, 0.1) is 22.3 Å². The first-order valence-corrected chi connectivity index (χ1v) is 9.93. The van der Waals surface area contributed by atoms with Gasteiger partial charge in [-0.15, -0.1) is 0 Å². The van der Waals surface area contributed by atoms with E-state index >= 15 is 0 Å². The number of halogens is 4. The van der Waals surface area contributed by atoms with Crippen molar-refractivity contribution < 1.29 is 27.4 Å². The van der Waals surface area contributed by atoms with Gasteiger partial charge < -0.3 is 25.0 Å². The molecule has 3 heterocycles. The molecule has 0 saturated carbocycles. The summed E-state index contributed by atoms with van der Waals surface area (Å²) >= 11 is 0. The molecule has 0 aliphatic carbocycles. The van der Waals surface area contributed by atoms with E-state index in [2.05, 4.69) is 20.6 Å². The summed E-state index contributed by atoms with van der Waals surface area (Å²) in [5.74, 6) is -0.391. The van der Waals surface area contributed by atoms with Crippen LogP contribution in [0.5, 0.6) is 11.6 Å². The Labute approximate surface area is 184 Å². The Hall–Kier alpha value is -3.70. The lowest BCUT2D eigenvalue weighted by Crippen LogP contribution is -2.17. The monoisotopic (exact) mass is 459 g/mol. The van der Waals surface area contributed by atoms with Gasteiger partial charge in [-0.3, -0.25) is 0 Å². The Morgan fingerprint density at radius 1 is 1.09 bits per heavy atom. The van der Waals surface area contributed by atoms with E-state index in [-0.39, 0.29) is 5.69 Å². The molecule has 2 aromatic carbocycles. The van der Waals surface area contributed by atoms with Gasteiger partial charge in [0.15, 0.2) is 0 Å². The molecule has 1 unspecified atom stereocenters. The maximum atomic E-state index is 13.5. The summed E-state index contributed by atoms with van der Waals surface area (Å²) in [5.41, 5.74) is 0.896. The molecule has 1 atom stereocenters. The number of aliphatic hydroxyl groups excluding tert-OH is 1. The van der Waals surface area contributed by atoms with Crippen LogP contribution in [0.1, 0.15) is 23.2 Å². The smallest absolute Gasteiger partial charge is 0.419 e. The van der Waals surface area contributed by atoms with Crippen LogP contribution in [0.2, 0.25) is 0 Å². The Bertz CT molecular complexity index is 1340. The highest BCUT2D eigenvalue weighted by Gasteiger charge is 2.34. The fourth-order valence-electron chi connectivity index (χ4n) is 3.74. The van der Waals surface area contributed by atoms with Crippen molar-refractivity contribution in [1.82, 2.24) is 19.9 Å². The Morgan fingerprint density at radius 2 is 1.94 bits per heavy atom. The van der Waals surface area contributed by atoms with Crippen LogP contribution in [-0.4, -0.2) is 19.6 Å². The molecule has 11 heteroatoms. The minimum atomic E-state index is -4.84. The van der Waals surface area contributed by atoms with Gasteiger partial charge in [-0.25, -0.2) is 14.4 Å². The maximum absolute atomic E-state index is 13.5. The van der Waals surface area contributed by atoms with E-state index < -0.39 is 23.9 Å². The minimum Gasteiger partial charge on any atom is -0.439 e. The summed E-state index contributed by atoms with van der Waals surface area (Å²) in [4.78, 5) is 8.42. The van der Waals surface area contributed by atoms with E-state index in [0.29, 0.717) is 42.4 Å². The predicted molar refractivity (Wildman–Crippen MR) is 111 cm³/mol. The number of hydrogen-bond acceptors (Lipinski definition) is 6. The normalized spacial score (nSPS) is 14.3. The number of nitrogens with zero attached hydrogens (tertiary/aromatic N) is 3. The van der Waals surface area contributed by atoms with Crippen LogP contribution in [0.3, 0.4) is 0 Å². The van der Waals surface area contributed by atoms with E-state index in [1.54, 1.807) is 30.5 Å². The van der Waals surface area contributed by atoms with Gasteiger partial charge in [-0.1, -0.05) is 0 Å². The highest BCUT2D eigenvalue weighted by molar-refractivity contribution is 5.82. The largest absolute Gasteiger partial charge is 0.439 e. The molecule has 1 aliphatic heterocycles. The number of alkyl halides is 3. The molecule has 1 aliphatic rings. The molecule has 0 spiro atoms. The second kappa shape index (κ2) is 8.01. The number of nitrogens with one attached hydrogen (secondary N) is 2. The van der Waals surface area contributed by atoms with Gasteiger partial charge in [0, 0.05) is 30.4 Å². The van der Waals surface area contributed by atoms with Crippen molar-refractivity contribution in [2.24, 2.45) is 0 Å². The first kappa shape index (κ1) is 21.2. The lowest BCUT2D eigenvalue weighted by Gasteiger charge is -2.18. The molecule has 3 N–H and O–H groups in total. The zero-order chi connectivity index (χ0) is 23.2. The van der Waals surface area contributed by atoms with Crippen molar-refractivity contribution in [2.45, 2.75) is 25.6 Å². The first-order valence-electron chi connectivity index (χ1n) is 9.93. The standard InChI is InChI=1S/C22H17F4N5O2/c23-17-3-1-13(8-16(17)22(24,25)26)30-21(32)31-6-5-12-7-14(2-4-19(12)31)33-20-15-9-27-10-18(15)28-11-29-20/h1-8,11,21,27,30,32H,9-10H2. The molecular formula is C22H17F4N5O2. The van der Waals surface area contributed by atoms with Crippen LogP contribution in [0, 0.1) is 5.82 Å². The maximum Gasteiger partial charge on any atom is 0.419 e. The Balaban J connectivity index is 1.37. The van der Waals surface area contributed by atoms with E-state index in [0.717, 1.165) is 22.7 Å². The van der Waals surface area contributed by atoms with Crippen LogP contribution in [0.4, 0.5) is 23.2 Å². The Morgan fingerprint density at radius 3 is 2.76 bits per heavy atom. The molecule has 170 valence electrons. The van der Waals surface area contributed by atoms with Gasteiger partial charge in [0.1, 0.15) is 17.9 Å². The van der Waals surface area contributed by atoms with Crippen molar-refractivity contribution in [3.05, 3.63) is 77.6 Å². The second-order valence-electron chi connectivity index (χ2n) is 7.46. The molecule has 5 rings (SSSR count). The van der Waals surface area contributed by atoms with E-state index in [1.807, 2.05) is 0 Å². The predicted octanol–water partition coefficient (Wildman–Crippen LogP) is 4.55. The average molecular weight is 459 g/mol.